The zero-order valence-electron chi connectivity index (χ0n) is 5.45. The van der Waals surface area contributed by atoms with Gasteiger partial charge >= 0.3 is 21.1 Å². The van der Waals surface area contributed by atoms with E-state index in [1.165, 1.54) is 0 Å². The molecular formula is C6H14N2Pt+2. The Morgan fingerprint density at radius 3 is 1.22 bits per heavy atom. The van der Waals surface area contributed by atoms with E-state index in [9.17, 15) is 0 Å². The number of nitrogens with two attached hydrogens (primary N) is 2. The predicted octanol–water partition coefficient (Wildman–Crippen LogP) is 0.212. The van der Waals surface area contributed by atoms with Crippen molar-refractivity contribution in [1.82, 2.24) is 0 Å². The van der Waals surface area contributed by atoms with Crippen LogP contribution in [0.15, 0.2) is 0 Å². The van der Waals surface area contributed by atoms with E-state index in [1.807, 2.05) is 0 Å². The van der Waals surface area contributed by atoms with Crippen LogP contribution in [-0.2, 0) is 21.1 Å². The van der Waals surface area contributed by atoms with Crippen LogP contribution in [0.25, 0.3) is 0 Å². The van der Waals surface area contributed by atoms with E-state index in [1.54, 1.807) is 0 Å². The average Bonchev–Trinajstić information content (AvgIpc) is 1.77. The quantitative estimate of drug-likeness (QED) is 0.672. The molecule has 1 fully saturated rings. The molecule has 0 saturated heterocycles. The molecule has 0 aromatic heterocycles. The van der Waals surface area contributed by atoms with E-state index in [0.29, 0.717) is 12.1 Å². The van der Waals surface area contributed by atoms with Crippen molar-refractivity contribution in [1.29, 1.82) is 0 Å². The van der Waals surface area contributed by atoms with Crippen LogP contribution in [0.1, 0.15) is 25.7 Å². The molecule has 0 unspecified atom stereocenters. The van der Waals surface area contributed by atoms with Gasteiger partial charge in [0.15, 0.2) is 0 Å². The summed E-state index contributed by atoms with van der Waals surface area (Å²) < 4.78 is 0. The molecule has 0 aliphatic heterocycles. The maximum atomic E-state index is 5.64. The van der Waals surface area contributed by atoms with Crippen LogP contribution in [0.2, 0.25) is 0 Å². The third-order valence-electron chi connectivity index (χ3n) is 1.82. The Balaban J connectivity index is 0.000000640. The van der Waals surface area contributed by atoms with Crippen LogP contribution in [0.4, 0.5) is 0 Å². The molecule has 3 heteroatoms. The predicted molar refractivity (Wildman–Crippen MR) is 34.4 cm³/mol. The van der Waals surface area contributed by atoms with Crippen LogP contribution in [0.3, 0.4) is 0 Å². The molecule has 0 aromatic carbocycles. The summed E-state index contributed by atoms with van der Waals surface area (Å²) in [4.78, 5) is 0. The fraction of sp³-hybridized carbons (Fsp3) is 1.00. The summed E-state index contributed by atoms with van der Waals surface area (Å²) in [6.07, 6.45) is 4.50. The van der Waals surface area contributed by atoms with Crippen LogP contribution >= 0.6 is 0 Å². The van der Waals surface area contributed by atoms with Crippen molar-refractivity contribution < 1.29 is 21.1 Å². The smallest absolute Gasteiger partial charge is 0.328 e. The standard InChI is InChI=1S/C6H14N2.Pt/c7-5-1-2-6(8)4-3-5;/h5-6H,1-4,7-8H2;/q;+2. The van der Waals surface area contributed by atoms with Gasteiger partial charge in [-0.15, -0.1) is 0 Å². The van der Waals surface area contributed by atoms with E-state index >= 15 is 0 Å². The maximum Gasteiger partial charge on any atom is 2.00 e. The normalized spacial score (nSPS) is 35.3. The number of hydrogen-bond acceptors (Lipinski definition) is 2. The molecular weight excluding hydrogens is 295 g/mol. The summed E-state index contributed by atoms with van der Waals surface area (Å²) >= 11 is 0. The Bertz CT molecular complexity index is 59.5. The molecule has 0 atom stereocenters. The first-order valence-corrected chi connectivity index (χ1v) is 3.30. The third kappa shape index (κ3) is 3.34. The van der Waals surface area contributed by atoms with Gasteiger partial charge < -0.3 is 11.5 Å². The zero-order valence-corrected chi connectivity index (χ0v) is 7.73. The Hall–Kier alpha value is 0.608. The molecule has 9 heavy (non-hydrogen) atoms. The number of hydrogen-bond donors (Lipinski definition) is 2. The molecule has 0 aromatic rings. The molecule has 0 radical (unpaired) electrons. The van der Waals surface area contributed by atoms with E-state index in [4.69, 9.17) is 11.5 Å². The van der Waals surface area contributed by atoms with Gasteiger partial charge in [-0.1, -0.05) is 0 Å². The average molecular weight is 309 g/mol. The fourth-order valence-corrected chi connectivity index (χ4v) is 1.14. The molecule has 1 aliphatic carbocycles. The minimum absolute atomic E-state index is 0. The monoisotopic (exact) mass is 309 g/mol. The number of rotatable bonds is 0. The van der Waals surface area contributed by atoms with Gasteiger partial charge in [0.05, 0.1) is 0 Å². The van der Waals surface area contributed by atoms with Gasteiger partial charge in [0.1, 0.15) is 0 Å². The first kappa shape index (κ1) is 9.61. The summed E-state index contributed by atoms with van der Waals surface area (Å²) in [5, 5.41) is 0. The zero-order chi connectivity index (χ0) is 5.98. The van der Waals surface area contributed by atoms with E-state index in [2.05, 4.69) is 0 Å². The fourth-order valence-electron chi connectivity index (χ4n) is 1.14. The molecule has 4 N–H and O–H groups in total. The Morgan fingerprint density at radius 1 is 0.778 bits per heavy atom. The van der Waals surface area contributed by atoms with Crippen LogP contribution in [-0.4, -0.2) is 12.1 Å². The minimum atomic E-state index is 0. The molecule has 0 amide bonds. The van der Waals surface area contributed by atoms with Gasteiger partial charge in [0.25, 0.3) is 0 Å². The molecule has 1 rings (SSSR count). The van der Waals surface area contributed by atoms with E-state index < -0.39 is 0 Å². The molecule has 1 aliphatic rings. The summed E-state index contributed by atoms with van der Waals surface area (Å²) in [5.41, 5.74) is 11.3. The van der Waals surface area contributed by atoms with Crippen molar-refractivity contribution in [3.8, 4) is 0 Å². The molecule has 56 valence electrons. The second kappa shape index (κ2) is 4.43. The largest absolute Gasteiger partial charge is 2.00 e. The van der Waals surface area contributed by atoms with Crippen molar-refractivity contribution in [3.63, 3.8) is 0 Å². The molecule has 0 bridgehead atoms. The van der Waals surface area contributed by atoms with E-state index in [-0.39, 0.29) is 21.1 Å². The maximum absolute atomic E-state index is 5.64. The van der Waals surface area contributed by atoms with Gasteiger partial charge in [-0.05, 0) is 25.7 Å². The van der Waals surface area contributed by atoms with Crippen molar-refractivity contribution in [2.75, 3.05) is 0 Å². The van der Waals surface area contributed by atoms with Crippen LogP contribution < -0.4 is 11.5 Å². The topological polar surface area (TPSA) is 52.0 Å². The summed E-state index contributed by atoms with van der Waals surface area (Å²) in [7, 11) is 0. The first-order valence-electron chi connectivity index (χ1n) is 3.30. The summed E-state index contributed by atoms with van der Waals surface area (Å²) in [6, 6.07) is 0.879. The second-order valence-electron chi connectivity index (χ2n) is 2.67. The van der Waals surface area contributed by atoms with Crippen LogP contribution in [0, 0.1) is 0 Å². The van der Waals surface area contributed by atoms with Crippen molar-refractivity contribution in [3.05, 3.63) is 0 Å². The molecule has 0 spiro atoms. The minimum Gasteiger partial charge on any atom is -0.328 e. The van der Waals surface area contributed by atoms with Gasteiger partial charge in [-0.2, -0.15) is 0 Å². The Labute approximate surface area is 70.6 Å². The van der Waals surface area contributed by atoms with Crippen molar-refractivity contribution >= 4 is 0 Å². The van der Waals surface area contributed by atoms with Crippen LogP contribution in [0.5, 0.6) is 0 Å². The van der Waals surface area contributed by atoms with Gasteiger partial charge in [0, 0.05) is 12.1 Å². The van der Waals surface area contributed by atoms with Gasteiger partial charge in [-0.3, -0.25) is 0 Å². The second-order valence-corrected chi connectivity index (χ2v) is 2.67. The SMILES string of the molecule is NC1CCC(N)CC1.[Pt+2]. The Kier molecular flexibility index (Phi) is 4.73. The summed E-state index contributed by atoms with van der Waals surface area (Å²) in [5.74, 6) is 0. The first-order chi connectivity index (χ1) is 3.79. The molecule has 0 heterocycles. The van der Waals surface area contributed by atoms with Gasteiger partial charge in [-0.25, -0.2) is 0 Å². The van der Waals surface area contributed by atoms with Gasteiger partial charge in [0.2, 0.25) is 0 Å². The van der Waals surface area contributed by atoms with Crippen molar-refractivity contribution in [2.24, 2.45) is 11.5 Å². The molecule has 1 saturated carbocycles. The third-order valence-corrected chi connectivity index (χ3v) is 1.82. The summed E-state index contributed by atoms with van der Waals surface area (Å²) in [6.45, 7) is 0. The Morgan fingerprint density at radius 2 is 1.00 bits per heavy atom. The molecule has 2 nitrogen and oxygen atoms in total. The van der Waals surface area contributed by atoms with E-state index in [0.717, 1.165) is 25.7 Å². The van der Waals surface area contributed by atoms with Crippen molar-refractivity contribution in [2.45, 2.75) is 37.8 Å².